The fourth-order valence-electron chi connectivity index (χ4n) is 2.67. The molecule has 0 unspecified atom stereocenters. The molecule has 3 aromatic rings. The smallest absolute Gasteiger partial charge is 0.242 e. The quantitative estimate of drug-likeness (QED) is 0.564. The zero-order valence-electron chi connectivity index (χ0n) is 15.1. The molecule has 0 aromatic heterocycles. The lowest BCUT2D eigenvalue weighted by molar-refractivity contribution is -0.115. The first kappa shape index (κ1) is 19.0. The highest BCUT2D eigenvalue weighted by Crippen LogP contribution is 2.37. The second-order valence-corrected chi connectivity index (χ2v) is 7.23. The number of carbonyl (C=O) groups is 1. The van der Waals surface area contributed by atoms with Gasteiger partial charge in [0.15, 0.2) is 0 Å². The van der Waals surface area contributed by atoms with Gasteiger partial charge in [0, 0.05) is 4.90 Å². The number of thioether (sulfide) groups is 1. The van der Waals surface area contributed by atoms with Gasteiger partial charge in [-0.1, -0.05) is 36.4 Å². The second-order valence-electron chi connectivity index (χ2n) is 6.06. The van der Waals surface area contributed by atoms with Crippen LogP contribution in [0.15, 0.2) is 77.7 Å². The van der Waals surface area contributed by atoms with Crippen molar-refractivity contribution in [1.29, 1.82) is 0 Å². The molecule has 1 atom stereocenters. The summed E-state index contributed by atoms with van der Waals surface area (Å²) >= 11 is 1.38. The van der Waals surface area contributed by atoms with Crippen LogP contribution in [0.4, 0.5) is 10.1 Å². The largest absolute Gasteiger partial charge is 0.495 e. The number of methoxy groups -OCH3 is 1. The summed E-state index contributed by atoms with van der Waals surface area (Å²) in [5, 5.41) is 2.49. The minimum Gasteiger partial charge on any atom is -0.495 e. The molecule has 0 aliphatic heterocycles. The minimum atomic E-state index is -0.484. The number of amides is 1. The Labute approximate surface area is 162 Å². The van der Waals surface area contributed by atoms with Gasteiger partial charge in [-0.3, -0.25) is 4.79 Å². The van der Waals surface area contributed by atoms with E-state index in [0.717, 1.165) is 16.0 Å². The van der Waals surface area contributed by atoms with Crippen LogP contribution in [0, 0.1) is 12.7 Å². The molecule has 0 saturated heterocycles. The highest BCUT2D eigenvalue weighted by atomic mass is 32.2. The number of aryl methyl sites for hydroxylation is 1. The predicted molar refractivity (Wildman–Crippen MR) is 108 cm³/mol. The number of benzene rings is 3. The SMILES string of the molecule is COc1ccc(C)cc1NC(=O)[C@H](Sc1ccc(F)cc1)c1ccccc1. The van der Waals surface area contributed by atoms with Crippen LogP contribution in [0.5, 0.6) is 5.75 Å². The van der Waals surface area contributed by atoms with Crippen molar-refractivity contribution in [2.45, 2.75) is 17.1 Å². The number of anilines is 1. The average Bonchev–Trinajstić information content (AvgIpc) is 2.68. The molecule has 0 bridgehead atoms. The number of ether oxygens (including phenoxy) is 1. The van der Waals surface area contributed by atoms with Crippen molar-refractivity contribution in [3.63, 3.8) is 0 Å². The Morgan fingerprint density at radius 2 is 1.74 bits per heavy atom. The Bertz CT molecular complexity index is 913. The van der Waals surface area contributed by atoms with E-state index < -0.39 is 5.25 Å². The average molecular weight is 381 g/mol. The molecule has 0 saturated carbocycles. The number of hydrogen-bond donors (Lipinski definition) is 1. The van der Waals surface area contributed by atoms with Crippen molar-refractivity contribution in [2.24, 2.45) is 0 Å². The lowest BCUT2D eigenvalue weighted by Crippen LogP contribution is -2.19. The van der Waals surface area contributed by atoms with Crippen molar-refractivity contribution >= 4 is 23.4 Å². The van der Waals surface area contributed by atoms with Crippen LogP contribution in [0.25, 0.3) is 0 Å². The van der Waals surface area contributed by atoms with Gasteiger partial charge in [0.1, 0.15) is 16.8 Å². The molecular weight excluding hydrogens is 361 g/mol. The molecule has 138 valence electrons. The van der Waals surface area contributed by atoms with Crippen molar-refractivity contribution < 1.29 is 13.9 Å². The molecule has 3 nitrogen and oxygen atoms in total. The van der Waals surface area contributed by atoms with Gasteiger partial charge in [-0.25, -0.2) is 4.39 Å². The molecule has 1 N–H and O–H groups in total. The van der Waals surface area contributed by atoms with E-state index in [1.165, 1.54) is 23.9 Å². The summed E-state index contributed by atoms with van der Waals surface area (Å²) in [6, 6.07) is 21.3. The van der Waals surface area contributed by atoms with E-state index in [0.29, 0.717) is 11.4 Å². The Morgan fingerprint density at radius 3 is 2.41 bits per heavy atom. The van der Waals surface area contributed by atoms with E-state index in [9.17, 15) is 9.18 Å². The summed E-state index contributed by atoms with van der Waals surface area (Å²) in [7, 11) is 1.57. The fraction of sp³-hybridized carbons (Fsp3) is 0.136. The first-order chi connectivity index (χ1) is 13.1. The standard InChI is InChI=1S/C22H20FNO2S/c1-15-8-13-20(26-2)19(14-15)24-22(25)21(16-6-4-3-5-7-16)27-18-11-9-17(23)10-12-18/h3-14,21H,1-2H3,(H,24,25)/t21-/m1/s1. The van der Waals surface area contributed by atoms with Gasteiger partial charge >= 0.3 is 0 Å². The lowest BCUT2D eigenvalue weighted by Gasteiger charge is -2.18. The summed E-state index contributed by atoms with van der Waals surface area (Å²) in [6.45, 7) is 1.96. The molecule has 0 fully saturated rings. The molecule has 5 heteroatoms. The van der Waals surface area contributed by atoms with Gasteiger partial charge in [0.25, 0.3) is 0 Å². The molecular formula is C22H20FNO2S. The van der Waals surface area contributed by atoms with Gasteiger partial charge in [-0.15, -0.1) is 11.8 Å². The van der Waals surface area contributed by atoms with Crippen LogP contribution in [-0.4, -0.2) is 13.0 Å². The fourth-order valence-corrected chi connectivity index (χ4v) is 3.69. The molecule has 0 radical (unpaired) electrons. The van der Waals surface area contributed by atoms with Crippen molar-refractivity contribution in [1.82, 2.24) is 0 Å². The third-order valence-electron chi connectivity index (χ3n) is 4.02. The lowest BCUT2D eigenvalue weighted by atomic mass is 10.1. The highest BCUT2D eigenvalue weighted by molar-refractivity contribution is 8.00. The first-order valence-electron chi connectivity index (χ1n) is 8.49. The van der Waals surface area contributed by atoms with Crippen LogP contribution in [0.3, 0.4) is 0 Å². The van der Waals surface area contributed by atoms with E-state index in [-0.39, 0.29) is 11.7 Å². The summed E-state index contributed by atoms with van der Waals surface area (Å²) in [5.74, 6) is 0.136. The molecule has 0 spiro atoms. The molecule has 1 amide bonds. The van der Waals surface area contributed by atoms with Crippen LogP contribution < -0.4 is 10.1 Å². The van der Waals surface area contributed by atoms with Gasteiger partial charge in [-0.05, 0) is 54.4 Å². The van der Waals surface area contributed by atoms with Crippen LogP contribution >= 0.6 is 11.8 Å². The van der Waals surface area contributed by atoms with Gasteiger partial charge in [0.05, 0.1) is 12.8 Å². The summed E-state index contributed by atoms with van der Waals surface area (Å²) in [6.07, 6.45) is 0. The van der Waals surface area contributed by atoms with Crippen molar-refractivity contribution in [3.8, 4) is 5.75 Å². The van der Waals surface area contributed by atoms with E-state index in [4.69, 9.17) is 4.74 Å². The van der Waals surface area contributed by atoms with Crippen molar-refractivity contribution in [2.75, 3.05) is 12.4 Å². The Morgan fingerprint density at radius 1 is 1.04 bits per heavy atom. The minimum absolute atomic E-state index is 0.167. The highest BCUT2D eigenvalue weighted by Gasteiger charge is 2.23. The van der Waals surface area contributed by atoms with Gasteiger partial charge in [-0.2, -0.15) is 0 Å². The Balaban J connectivity index is 1.89. The van der Waals surface area contributed by atoms with E-state index >= 15 is 0 Å². The monoisotopic (exact) mass is 381 g/mol. The number of nitrogens with one attached hydrogen (secondary N) is 1. The zero-order valence-corrected chi connectivity index (χ0v) is 15.9. The third kappa shape index (κ3) is 4.89. The molecule has 3 rings (SSSR count). The third-order valence-corrected chi connectivity index (χ3v) is 5.29. The molecule has 0 heterocycles. The molecule has 0 aliphatic rings. The summed E-state index contributed by atoms with van der Waals surface area (Å²) < 4.78 is 18.6. The van der Waals surface area contributed by atoms with Gasteiger partial charge < -0.3 is 10.1 Å². The maximum atomic E-state index is 13.2. The number of carbonyl (C=O) groups excluding carboxylic acids is 1. The summed E-state index contributed by atoms with van der Waals surface area (Å²) in [5.41, 5.74) is 2.52. The topological polar surface area (TPSA) is 38.3 Å². The molecule has 27 heavy (non-hydrogen) atoms. The Kier molecular flexibility index (Phi) is 6.14. The van der Waals surface area contributed by atoms with Crippen LogP contribution in [0.2, 0.25) is 0 Å². The predicted octanol–water partition coefficient (Wildman–Crippen LogP) is 5.61. The normalized spacial score (nSPS) is 11.7. The number of halogens is 1. The number of hydrogen-bond acceptors (Lipinski definition) is 3. The number of rotatable bonds is 6. The zero-order chi connectivity index (χ0) is 19.2. The van der Waals surface area contributed by atoms with Gasteiger partial charge in [0.2, 0.25) is 5.91 Å². The van der Waals surface area contributed by atoms with Crippen molar-refractivity contribution in [3.05, 3.63) is 89.7 Å². The maximum absolute atomic E-state index is 13.2. The Hall–Kier alpha value is -2.79. The maximum Gasteiger partial charge on any atom is 0.242 e. The van der Waals surface area contributed by atoms with Crippen LogP contribution in [-0.2, 0) is 4.79 Å². The van der Waals surface area contributed by atoms with Crippen LogP contribution in [0.1, 0.15) is 16.4 Å². The first-order valence-corrected chi connectivity index (χ1v) is 9.37. The van der Waals surface area contributed by atoms with E-state index in [1.54, 1.807) is 19.2 Å². The summed E-state index contributed by atoms with van der Waals surface area (Å²) in [4.78, 5) is 13.9. The molecule has 3 aromatic carbocycles. The van der Waals surface area contributed by atoms with E-state index in [2.05, 4.69) is 5.32 Å². The molecule has 0 aliphatic carbocycles. The van der Waals surface area contributed by atoms with E-state index in [1.807, 2.05) is 55.5 Å². The second kappa shape index (κ2) is 8.73.